The molecule has 0 spiro atoms. The molecule has 0 radical (unpaired) electrons. The second-order valence-electron chi connectivity index (χ2n) is 6.50. The Morgan fingerprint density at radius 1 is 1.04 bits per heavy atom. The Morgan fingerprint density at radius 2 is 1.65 bits per heavy atom. The van der Waals surface area contributed by atoms with Crippen LogP contribution in [0.2, 0.25) is 0 Å². The van der Waals surface area contributed by atoms with Gasteiger partial charge in [0, 0.05) is 5.69 Å². The molecule has 2 bridgehead atoms. The van der Waals surface area contributed by atoms with Crippen LogP contribution in [0, 0.1) is 23.2 Å². The summed E-state index contributed by atoms with van der Waals surface area (Å²) in [5.41, 5.74) is -0.722. The first-order valence-corrected chi connectivity index (χ1v) is 7.78. The second kappa shape index (κ2) is 5.68. The van der Waals surface area contributed by atoms with Crippen LogP contribution < -0.4 is 5.32 Å². The lowest BCUT2D eigenvalue weighted by molar-refractivity contribution is -0.179. The number of hydrogen-bond acceptors (Lipinski definition) is 3. The molecule has 0 heterocycles. The summed E-state index contributed by atoms with van der Waals surface area (Å²) in [6.07, 6.45) is 1.84. The van der Waals surface area contributed by atoms with E-state index < -0.39 is 35.1 Å². The lowest BCUT2D eigenvalue weighted by Gasteiger charge is -2.51. The van der Waals surface area contributed by atoms with Crippen LogP contribution in [0.25, 0.3) is 0 Å². The van der Waals surface area contributed by atoms with Gasteiger partial charge in [-0.25, -0.2) is 0 Å². The minimum absolute atomic E-state index is 0.125. The van der Waals surface area contributed by atoms with E-state index in [0.29, 0.717) is 31.4 Å². The van der Waals surface area contributed by atoms with Gasteiger partial charge in [-0.3, -0.25) is 14.4 Å². The highest BCUT2D eigenvalue weighted by atomic mass is 16.4. The molecule has 3 saturated carbocycles. The van der Waals surface area contributed by atoms with E-state index in [1.807, 2.05) is 0 Å². The van der Waals surface area contributed by atoms with Crippen LogP contribution in [0.15, 0.2) is 30.3 Å². The molecule has 3 aliphatic rings. The van der Waals surface area contributed by atoms with Crippen molar-refractivity contribution in [3.63, 3.8) is 0 Å². The first kappa shape index (κ1) is 15.5. The average molecular weight is 317 g/mol. The average Bonchev–Trinajstić information content (AvgIpc) is 2.55. The quantitative estimate of drug-likeness (QED) is 0.790. The van der Waals surface area contributed by atoms with Gasteiger partial charge in [-0.1, -0.05) is 18.2 Å². The smallest absolute Gasteiger partial charge is 0.310 e. The Kier molecular flexibility index (Phi) is 3.83. The summed E-state index contributed by atoms with van der Waals surface area (Å²) in [5.74, 6) is -4.73. The third-order valence-electron chi connectivity index (χ3n) is 5.42. The molecule has 23 heavy (non-hydrogen) atoms. The fourth-order valence-electron chi connectivity index (χ4n) is 4.29. The van der Waals surface area contributed by atoms with Crippen molar-refractivity contribution in [2.24, 2.45) is 23.2 Å². The molecule has 1 aromatic carbocycles. The standard InChI is InChI=1S/C17H19NO5/c19-14(18-11-4-2-1-3-5-11)13-12(15(20)21)10-6-8-17(13,9-7-10)16(22)23/h1-5,10,12-13H,6-9H2,(H,18,19)(H,20,21)(H,22,23)/t10?,12-,13+,17?/m1/s1. The monoisotopic (exact) mass is 317 g/mol. The summed E-state index contributed by atoms with van der Waals surface area (Å²) in [6.45, 7) is 0. The van der Waals surface area contributed by atoms with Crippen LogP contribution in [0.4, 0.5) is 5.69 Å². The zero-order chi connectivity index (χ0) is 16.6. The molecule has 3 fully saturated rings. The highest BCUT2D eigenvalue weighted by Gasteiger charge is 2.62. The molecule has 0 unspecified atom stereocenters. The van der Waals surface area contributed by atoms with E-state index in [1.54, 1.807) is 30.3 Å². The molecule has 0 aliphatic heterocycles. The molecule has 3 N–H and O–H groups in total. The number of hydrogen-bond donors (Lipinski definition) is 3. The van der Waals surface area contributed by atoms with Crippen LogP contribution in [0.3, 0.4) is 0 Å². The Bertz CT molecular complexity index is 634. The van der Waals surface area contributed by atoms with Crippen molar-refractivity contribution in [3.05, 3.63) is 30.3 Å². The van der Waals surface area contributed by atoms with Gasteiger partial charge in [0.25, 0.3) is 0 Å². The van der Waals surface area contributed by atoms with Crippen LogP contribution in [-0.2, 0) is 14.4 Å². The summed E-state index contributed by atoms with van der Waals surface area (Å²) in [5, 5.41) is 22.0. The minimum Gasteiger partial charge on any atom is -0.481 e. The van der Waals surface area contributed by atoms with Crippen LogP contribution >= 0.6 is 0 Å². The Hall–Kier alpha value is -2.37. The number of benzene rings is 1. The molecule has 3 aliphatic carbocycles. The van der Waals surface area contributed by atoms with E-state index in [0.717, 1.165) is 0 Å². The van der Waals surface area contributed by atoms with Crippen molar-refractivity contribution in [1.29, 1.82) is 0 Å². The number of nitrogens with one attached hydrogen (secondary N) is 1. The largest absolute Gasteiger partial charge is 0.481 e. The van der Waals surface area contributed by atoms with Gasteiger partial charge in [0.05, 0.1) is 17.3 Å². The topological polar surface area (TPSA) is 104 Å². The zero-order valence-electron chi connectivity index (χ0n) is 12.6. The van der Waals surface area contributed by atoms with E-state index in [-0.39, 0.29) is 5.92 Å². The number of anilines is 1. The first-order chi connectivity index (χ1) is 11.0. The number of amides is 1. The number of carboxylic acids is 2. The summed E-state index contributed by atoms with van der Waals surface area (Å²) in [4.78, 5) is 36.3. The van der Waals surface area contributed by atoms with Gasteiger partial charge < -0.3 is 15.5 Å². The highest BCUT2D eigenvalue weighted by molar-refractivity contribution is 5.99. The molecule has 2 atom stereocenters. The number of carboxylic acid groups (broad SMARTS) is 2. The third-order valence-corrected chi connectivity index (χ3v) is 5.42. The Morgan fingerprint density at radius 3 is 2.17 bits per heavy atom. The maximum Gasteiger partial charge on any atom is 0.310 e. The molecule has 1 amide bonds. The lowest BCUT2D eigenvalue weighted by atomic mass is 9.50. The number of fused-ring (bicyclic) bond motifs is 3. The molecule has 122 valence electrons. The minimum atomic E-state index is -1.27. The molecular formula is C17H19NO5. The van der Waals surface area contributed by atoms with Crippen LogP contribution in [0.5, 0.6) is 0 Å². The zero-order valence-corrected chi connectivity index (χ0v) is 12.6. The maximum absolute atomic E-state index is 12.7. The number of para-hydroxylation sites is 1. The van der Waals surface area contributed by atoms with Crippen molar-refractivity contribution in [2.75, 3.05) is 5.32 Å². The SMILES string of the molecule is O=C(O)[C@@H]1C2CCC(C(=O)O)(CC2)[C@@H]1C(=O)Nc1ccccc1. The molecular weight excluding hydrogens is 298 g/mol. The summed E-state index contributed by atoms with van der Waals surface area (Å²) < 4.78 is 0. The number of carbonyl (C=O) groups is 3. The van der Waals surface area contributed by atoms with Gasteiger partial charge >= 0.3 is 11.9 Å². The molecule has 4 rings (SSSR count). The Labute approximate surface area is 133 Å². The van der Waals surface area contributed by atoms with Crippen LogP contribution in [-0.4, -0.2) is 28.1 Å². The molecule has 6 heteroatoms. The fraction of sp³-hybridized carbons (Fsp3) is 0.471. The van der Waals surface area contributed by atoms with E-state index in [2.05, 4.69) is 5.32 Å². The van der Waals surface area contributed by atoms with Crippen molar-refractivity contribution in [1.82, 2.24) is 0 Å². The van der Waals surface area contributed by atoms with Gasteiger partial charge in [0.15, 0.2) is 0 Å². The van der Waals surface area contributed by atoms with Gasteiger partial charge in [0.2, 0.25) is 5.91 Å². The van der Waals surface area contributed by atoms with E-state index in [4.69, 9.17) is 0 Å². The maximum atomic E-state index is 12.7. The molecule has 6 nitrogen and oxygen atoms in total. The van der Waals surface area contributed by atoms with Gasteiger partial charge in [-0.05, 0) is 43.7 Å². The van der Waals surface area contributed by atoms with Crippen molar-refractivity contribution in [2.45, 2.75) is 25.7 Å². The molecule has 0 aromatic heterocycles. The summed E-state index contributed by atoms with van der Waals surface area (Å²) in [7, 11) is 0. The predicted octanol–water partition coefficient (Wildman–Crippen LogP) is 2.22. The summed E-state index contributed by atoms with van der Waals surface area (Å²) in [6, 6.07) is 8.70. The van der Waals surface area contributed by atoms with Crippen molar-refractivity contribution < 1.29 is 24.6 Å². The summed E-state index contributed by atoms with van der Waals surface area (Å²) >= 11 is 0. The highest BCUT2D eigenvalue weighted by Crippen LogP contribution is 2.57. The van der Waals surface area contributed by atoms with Crippen LogP contribution in [0.1, 0.15) is 25.7 Å². The van der Waals surface area contributed by atoms with Gasteiger partial charge in [-0.2, -0.15) is 0 Å². The first-order valence-electron chi connectivity index (χ1n) is 7.78. The normalized spacial score (nSPS) is 32.3. The number of rotatable bonds is 4. The fourth-order valence-corrected chi connectivity index (χ4v) is 4.29. The number of carbonyl (C=O) groups excluding carboxylic acids is 1. The van der Waals surface area contributed by atoms with Crippen molar-refractivity contribution >= 4 is 23.5 Å². The molecule has 0 saturated heterocycles. The second-order valence-corrected chi connectivity index (χ2v) is 6.50. The number of aliphatic carboxylic acids is 2. The lowest BCUT2D eigenvalue weighted by Crippen LogP contribution is -2.58. The van der Waals surface area contributed by atoms with Gasteiger partial charge in [0.1, 0.15) is 0 Å². The third kappa shape index (κ3) is 2.48. The molecule has 1 aromatic rings. The Balaban J connectivity index is 1.96. The van der Waals surface area contributed by atoms with E-state index in [1.165, 1.54) is 0 Å². The van der Waals surface area contributed by atoms with Gasteiger partial charge in [-0.15, -0.1) is 0 Å². The predicted molar refractivity (Wildman–Crippen MR) is 81.7 cm³/mol. The van der Waals surface area contributed by atoms with E-state index >= 15 is 0 Å². The van der Waals surface area contributed by atoms with E-state index in [9.17, 15) is 24.6 Å². The van der Waals surface area contributed by atoms with Crippen molar-refractivity contribution in [3.8, 4) is 0 Å².